The predicted octanol–water partition coefficient (Wildman–Crippen LogP) is 3.10. The Bertz CT molecular complexity index is 1860. The van der Waals surface area contributed by atoms with Gasteiger partial charge in [-0.1, -0.05) is 35.6 Å². The van der Waals surface area contributed by atoms with Crippen LogP contribution in [0.1, 0.15) is 37.5 Å². The quantitative estimate of drug-likeness (QED) is 0.0845. The lowest BCUT2D eigenvalue weighted by Gasteiger charge is -2.13. The van der Waals surface area contributed by atoms with Crippen LogP contribution in [0.15, 0.2) is 79.5 Å². The molecule has 0 spiro atoms. The summed E-state index contributed by atoms with van der Waals surface area (Å²) in [6.07, 6.45) is 6.19. The molecular formula is C30H22ClN7O4. The monoisotopic (exact) mass is 579 g/mol. The number of aromatic nitrogens is 4. The molecule has 0 fully saturated rings. The highest BCUT2D eigenvalue weighted by atomic mass is 35.5. The van der Waals surface area contributed by atoms with E-state index in [2.05, 4.69) is 42.5 Å². The summed E-state index contributed by atoms with van der Waals surface area (Å²) in [5.74, 6) is 9.18. The smallest absolute Gasteiger partial charge is 0.326 e. The second kappa shape index (κ2) is 12.3. The number of halogens is 1. The van der Waals surface area contributed by atoms with Gasteiger partial charge in [0.15, 0.2) is 0 Å². The van der Waals surface area contributed by atoms with Crippen molar-refractivity contribution in [2.75, 3.05) is 0 Å². The first-order valence-corrected chi connectivity index (χ1v) is 12.9. The highest BCUT2D eigenvalue weighted by Crippen LogP contribution is 2.25. The van der Waals surface area contributed by atoms with Gasteiger partial charge in [0.1, 0.15) is 6.04 Å². The largest absolute Gasteiger partial charge is 0.480 e. The number of carboxylic acids is 1. The second-order valence-corrected chi connectivity index (χ2v) is 9.48. The molecule has 12 heteroatoms. The van der Waals surface area contributed by atoms with E-state index in [0.29, 0.717) is 39.0 Å². The van der Waals surface area contributed by atoms with Gasteiger partial charge in [-0.15, -0.1) is 0 Å². The first-order valence-electron chi connectivity index (χ1n) is 12.5. The number of aliphatic carboxylic acids is 1. The van der Waals surface area contributed by atoms with Gasteiger partial charge in [-0.25, -0.2) is 20.6 Å². The minimum Gasteiger partial charge on any atom is -0.480 e. The number of benzene rings is 2. The fourth-order valence-electron chi connectivity index (χ4n) is 4.16. The predicted molar refractivity (Wildman–Crippen MR) is 155 cm³/mol. The number of hydrogen-bond donors (Lipinski definition) is 5. The summed E-state index contributed by atoms with van der Waals surface area (Å²) in [5.41, 5.74) is 6.37. The molecule has 5 rings (SSSR count). The third-order valence-corrected chi connectivity index (χ3v) is 6.62. The van der Waals surface area contributed by atoms with Crippen LogP contribution < -0.4 is 16.6 Å². The van der Waals surface area contributed by atoms with Gasteiger partial charge in [0, 0.05) is 52.7 Å². The van der Waals surface area contributed by atoms with Crippen molar-refractivity contribution in [2.24, 2.45) is 5.84 Å². The van der Waals surface area contributed by atoms with Gasteiger partial charge in [0.25, 0.3) is 11.8 Å². The number of nitrogens with one attached hydrogen (secondary N) is 3. The summed E-state index contributed by atoms with van der Waals surface area (Å²) in [6, 6.07) is 14.1. The van der Waals surface area contributed by atoms with Crippen LogP contribution >= 0.6 is 11.6 Å². The molecule has 42 heavy (non-hydrogen) atoms. The zero-order chi connectivity index (χ0) is 29.6. The molecule has 11 nitrogen and oxygen atoms in total. The Hall–Kier alpha value is -5.57. The molecule has 3 heterocycles. The minimum atomic E-state index is -1.18. The van der Waals surface area contributed by atoms with Crippen molar-refractivity contribution in [2.45, 2.75) is 12.5 Å². The third kappa shape index (κ3) is 6.26. The maximum atomic E-state index is 12.7. The third-order valence-electron chi connectivity index (χ3n) is 6.31. The van der Waals surface area contributed by atoms with E-state index in [-0.39, 0.29) is 17.0 Å². The van der Waals surface area contributed by atoms with Gasteiger partial charge in [0.2, 0.25) is 0 Å². The molecule has 6 N–H and O–H groups in total. The Morgan fingerprint density at radius 3 is 2.55 bits per heavy atom. The van der Waals surface area contributed by atoms with Gasteiger partial charge in [0.05, 0.1) is 33.8 Å². The number of carbonyl (C=O) groups is 3. The number of H-pyrrole nitrogens is 1. The van der Waals surface area contributed by atoms with Gasteiger partial charge in [-0.3, -0.25) is 20.0 Å². The average molecular weight is 580 g/mol. The van der Waals surface area contributed by atoms with E-state index in [9.17, 15) is 19.5 Å². The van der Waals surface area contributed by atoms with Gasteiger partial charge in [-0.2, -0.15) is 0 Å². The lowest BCUT2D eigenvalue weighted by Crippen LogP contribution is -2.42. The van der Waals surface area contributed by atoms with E-state index in [1.54, 1.807) is 36.8 Å². The number of hydrogen-bond acceptors (Lipinski definition) is 7. The van der Waals surface area contributed by atoms with Crippen molar-refractivity contribution in [1.82, 2.24) is 30.7 Å². The maximum absolute atomic E-state index is 12.7. The van der Waals surface area contributed by atoms with Crippen molar-refractivity contribution in [1.29, 1.82) is 0 Å². The number of aromatic amines is 1. The number of nitrogens with zero attached hydrogens (tertiary/aromatic N) is 3. The summed E-state index contributed by atoms with van der Waals surface area (Å²) in [4.78, 5) is 52.1. The van der Waals surface area contributed by atoms with Crippen molar-refractivity contribution < 1.29 is 19.5 Å². The summed E-state index contributed by atoms with van der Waals surface area (Å²) in [6.45, 7) is 0. The molecule has 1 atom stereocenters. The van der Waals surface area contributed by atoms with Crippen LogP contribution in [0.3, 0.4) is 0 Å². The molecule has 0 saturated carbocycles. The Morgan fingerprint density at radius 1 is 1.05 bits per heavy atom. The number of nitrogen functional groups attached to an aromatic ring is 1. The molecule has 0 aliphatic heterocycles. The molecule has 208 valence electrons. The van der Waals surface area contributed by atoms with Crippen LogP contribution in [0, 0.1) is 11.8 Å². The summed E-state index contributed by atoms with van der Waals surface area (Å²) >= 11 is 6.39. The van der Waals surface area contributed by atoms with Crippen molar-refractivity contribution in [3.8, 4) is 23.1 Å². The summed E-state index contributed by atoms with van der Waals surface area (Å²) in [7, 11) is 0. The van der Waals surface area contributed by atoms with Crippen LogP contribution in [-0.4, -0.2) is 48.9 Å². The molecular weight excluding hydrogens is 558 g/mol. The van der Waals surface area contributed by atoms with E-state index in [4.69, 9.17) is 17.4 Å². The first kappa shape index (κ1) is 28.0. The number of imidazole rings is 1. The highest BCUT2D eigenvalue weighted by Gasteiger charge is 2.22. The fraction of sp³-hybridized carbons (Fsp3) is 0.0667. The molecule has 0 aliphatic rings. The molecule has 0 saturated heterocycles. The van der Waals surface area contributed by atoms with Crippen molar-refractivity contribution in [3.63, 3.8) is 0 Å². The summed E-state index contributed by atoms with van der Waals surface area (Å²) in [5, 5.41) is 12.8. The molecule has 0 bridgehead atoms. The number of rotatable bonds is 7. The molecule has 3 aromatic heterocycles. The normalized spacial score (nSPS) is 11.3. The first-order chi connectivity index (χ1) is 20.3. The molecule has 0 aliphatic carbocycles. The number of nitrogens with two attached hydrogens (primary N) is 1. The lowest BCUT2D eigenvalue weighted by atomic mass is 10.0. The maximum Gasteiger partial charge on any atom is 0.326 e. The molecule has 1 unspecified atom stereocenters. The number of pyridine rings is 2. The molecule has 2 amide bonds. The van der Waals surface area contributed by atoms with Crippen LogP contribution in [-0.2, 0) is 11.2 Å². The molecule has 5 aromatic rings. The number of hydrazine groups is 1. The van der Waals surface area contributed by atoms with Crippen molar-refractivity contribution >= 4 is 40.3 Å². The van der Waals surface area contributed by atoms with E-state index in [1.807, 2.05) is 24.3 Å². The van der Waals surface area contributed by atoms with Crippen LogP contribution in [0.25, 0.3) is 22.2 Å². The zero-order valence-electron chi connectivity index (χ0n) is 21.8. The van der Waals surface area contributed by atoms with Gasteiger partial charge in [-0.05, 0) is 42.5 Å². The minimum absolute atomic E-state index is 0.0270. The number of fused-ring (bicyclic) bond motifs is 1. The van der Waals surface area contributed by atoms with E-state index in [0.717, 1.165) is 5.56 Å². The number of amides is 2. The number of carboxylic acid groups (broad SMARTS) is 1. The lowest BCUT2D eigenvalue weighted by molar-refractivity contribution is -0.139. The number of carbonyl (C=O) groups excluding carboxylic acids is 2. The van der Waals surface area contributed by atoms with Gasteiger partial charge < -0.3 is 15.4 Å². The molecule has 2 aromatic carbocycles. The Kier molecular flexibility index (Phi) is 8.19. The Morgan fingerprint density at radius 2 is 1.86 bits per heavy atom. The van der Waals surface area contributed by atoms with E-state index >= 15 is 0 Å². The standard InChI is InChI=1S/C30H22ClN7O4/c31-24-11-20(28(39)37-27(30(41)42)12-21-14-34-16-35-21)8-7-18(24)4-1-17-2-5-19(6-3-17)26-13-22(29(40)38-32)23-15-33-10-9-25(23)36-26/h2-3,5-11,13-16,27H,12,32H2,(H,34,35)(H,37,39)(H,38,40)(H,41,42). The van der Waals surface area contributed by atoms with E-state index < -0.39 is 23.8 Å². The fourth-order valence-corrected chi connectivity index (χ4v) is 4.38. The van der Waals surface area contributed by atoms with Crippen LogP contribution in [0.4, 0.5) is 0 Å². The summed E-state index contributed by atoms with van der Waals surface area (Å²) < 4.78 is 0. The van der Waals surface area contributed by atoms with E-state index in [1.165, 1.54) is 18.5 Å². The SMILES string of the molecule is NNC(=O)c1cc(-c2ccc(C#Cc3ccc(C(=O)NC(Cc4c[nH]cn4)C(=O)O)cc3Cl)cc2)nc2ccncc12. The van der Waals surface area contributed by atoms with Crippen molar-refractivity contribution in [3.05, 3.63) is 112 Å². The molecule has 0 radical (unpaired) electrons. The topological polar surface area (TPSA) is 176 Å². The Balaban J connectivity index is 1.31. The zero-order valence-corrected chi connectivity index (χ0v) is 22.5. The van der Waals surface area contributed by atoms with Crippen LogP contribution in [0.2, 0.25) is 5.02 Å². The Labute approximate surface area is 244 Å². The van der Waals surface area contributed by atoms with Crippen LogP contribution in [0.5, 0.6) is 0 Å². The van der Waals surface area contributed by atoms with Gasteiger partial charge >= 0.3 is 5.97 Å². The second-order valence-electron chi connectivity index (χ2n) is 9.07. The average Bonchev–Trinajstić information content (AvgIpc) is 3.52. The highest BCUT2D eigenvalue weighted by molar-refractivity contribution is 6.32.